The average Bonchev–Trinajstić information content (AvgIpc) is 2.85. The number of rotatable bonds is 4. The van der Waals surface area contributed by atoms with Gasteiger partial charge in [-0.2, -0.15) is 0 Å². The minimum absolute atomic E-state index is 0.232. The van der Waals surface area contributed by atoms with Crippen molar-refractivity contribution in [1.29, 1.82) is 0 Å². The summed E-state index contributed by atoms with van der Waals surface area (Å²) in [5.41, 5.74) is 8.27. The van der Waals surface area contributed by atoms with Crippen molar-refractivity contribution in [2.24, 2.45) is 5.73 Å². The third-order valence-corrected chi connectivity index (χ3v) is 3.43. The van der Waals surface area contributed by atoms with Gasteiger partial charge in [0.25, 0.3) is 0 Å². The van der Waals surface area contributed by atoms with Crippen LogP contribution in [-0.4, -0.2) is 12.1 Å². The zero-order valence-corrected chi connectivity index (χ0v) is 10.2. The molecule has 0 radical (unpaired) electrons. The molecule has 0 amide bonds. The van der Waals surface area contributed by atoms with E-state index in [1.807, 2.05) is 0 Å². The fraction of sp³-hybridized carbons (Fsp3) is 0.250. The van der Waals surface area contributed by atoms with Gasteiger partial charge in [-0.3, -0.25) is 4.98 Å². The molecule has 5 heteroatoms. The Morgan fingerprint density at radius 2 is 2.35 bits per heavy atom. The van der Waals surface area contributed by atoms with Crippen molar-refractivity contribution in [3.05, 3.63) is 46.2 Å². The van der Waals surface area contributed by atoms with Crippen LogP contribution >= 0.6 is 11.3 Å². The average molecular weight is 252 g/mol. The maximum atomic E-state index is 13.9. The van der Waals surface area contributed by atoms with E-state index in [0.29, 0.717) is 12.0 Å². The molecule has 0 fully saturated rings. The highest BCUT2D eigenvalue weighted by atomic mass is 32.1. The minimum atomic E-state index is -0.338. The molecule has 0 aliphatic heterocycles. The molecule has 2 aromatic rings. The lowest BCUT2D eigenvalue weighted by Crippen LogP contribution is -2.13. The van der Waals surface area contributed by atoms with Gasteiger partial charge in [0.15, 0.2) is 11.6 Å². The van der Waals surface area contributed by atoms with E-state index in [2.05, 4.69) is 4.98 Å². The lowest BCUT2D eigenvalue weighted by Gasteiger charge is -2.11. The summed E-state index contributed by atoms with van der Waals surface area (Å²) < 4.78 is 18.8. The van der Waals surface area contributed by atoms with Crippen LogP contribution in [0.2, 0.25) is 0 Å². The number of nitrogens with zero attached hydrogens (tertiary/aromatic N) is 1. The van der Waals surface area contributed by atoms with E-state index in [1.165, 1.54) is 18.4 Å². The van der Waals surface area contributed by atoms with Crippen LogP contribution in [0.3, 0.4) is 0 Å². The van der Waals surface area contributed by atoms with Crippen molar-refractivity contribution in [3.63, 3.8) is 0 Å². The lowest BCUT2D eigenvalue weighted by atomic mass is 10.0. The first kappa shape index (κ1) is 12.0. The molecule has 0 aliphatic carbocycles. The van der Waals surface area contributed by atoms with Gasteiger partial charge in [0.05, 0.1) is 12.6 Å². The first-order valence-electron chi connectivity index (χ1n) is 5.17. The zero-order chi connectivity index (χ0) is 12.3. The van der Waals surface area contributed by atoms with Crippen molar-refractivity contribution in [1.82, 2.24) is 4.98 Å². The highest BCUT2D eigenvalue weighted by molar-refractivity contribution is 7.09. The molecule has 1 atom stereocenters. The molecule has 0 bridgehead atoms. The molecule has 17 heavy (non-hydrogen) atoms. The van der Waals surface area contributed by atoms with Gasteiger partial charge in [-0.05, 0) is 18.1 Å². The molecule has 1 aromatic heterocycles. The summed E-state index contributed by atoms with van der Waals surface area (Å²) in [5, 5.41) is 0. The van der Waals surface area contributed by atoms with E-state index in [-0.39, 0.29) is 17.6 Å². The SMILES string of the molecule is COc1cccc(CC(N)c2cncs2)c1F. The van der Waals surface area contributed by atoms with Crippen molar-refractivity contribution < 1.29 is 9.13 Å². The second kappa shape index (κ2) is 5.25. The monoisotopic (exact) mass is 252 g/mol. The van der Waals surface area contributed by atoms with Gasteiger partial charge < -0.3 is 10.5 Å². The van der Waals surface area contributed by atoms with Gasteiger partial charge in [-0.1, -0.05) is 12.1 Å². The van der Waals surface area contributed by atoms with Crippen LogP contribution in [-0.2, 0) is 6.42 Å². The highest BCUT2D eigenvalue weighted by Crippen LogP contribution is 2.25. The minimum Gasteiger partial charge on any atom is -0.494 e. The lowest BCUT2D eigenvalue weighted by molar-refractivity contribution is 0.383. The summed E-state index contributed by atoms with van der Waals surface area (Å²) in [7, 11) is 1.45. The molecule has 0 saturated heterocycles. The van der Waals surface area contributed by atoms with Crippen molar-refractivity contribution >= 4 is 11.3 Å². The van der Waals surface area contributed by atoms with Gasteiger partial charge in [-0.15, -0.1) is 11.3 Å². The predicted molar refractivity (Wildman–Crippen MR) is 65.7 cm³/mol. The molecular weight excluding hydrogens is 239 g/mol. The largest absolute Gasteiger partial charge is 0.494 e. The Morgan fingerprint density at radius 1 is 1.53 bits per heavy atom. The fourth-order valence-corrected chi connectivity index (χ4v) is 2.24. The molecule has 1 aromatic carbocycles. The second-order valence-electron chi connectivity index (χ2n) is 3.65. The molecule has 3 nitrogen and oxygen atoms in total. The summed E-state index contributed by atoms with van der Waals surface area (Å²) >= 11 is 1.48. The summed E-state index contributed by atoms with van der Waals surface area (Å²) in [6.07, 6.45) is 2.15. The molecule has 2 N–H and O–H groups in total. The Hall–Kier alpha value is -1.46. The van der Waals surface area contributed by atoms with Crippen molar-refractivity contribution in [3.8, 4) is 5.75 Å². The number of thiazole rings is 1. The van der Waals surface area contributed by atoms with Gasteiger partial charge >= 0.3 is 0 Å². The van der Waals surface area contributed by atoms with Crippen LogP contribution in [0.15, 0.2) is 29.9 Å². The molecule has 0 spiro atoms. The first-order valence-corrected chi connectivity index (χ1v) is 6.05. The Balaban J connectivity index is 2.19. The smallest absolute Gasteiger partial charge is 0.168 e. The van der Waals surface area contributed by atoms with Crippen molar-refractivity contribution in [2.75, 3.05) is 7.11 Å². The van der Waals surface area contributed by atoms with Crippen LogP contribution in [0, 0.1) is 5.82 Å². The van der Waals surface area contributed by atoms with E-state index in [1.54, 1.807) is 29.9 Å². The van der Waals surface area contributed by atoms with E-state index in [9.17, 15) is 4.39 Å². The molecular formula is C12H13FN2OS. The highest BCUT2D eigenvalue weighted by Gasteiger charge is 2.14. The molecule has 0 saturated carbocycles. The second-order valence-corrected chi connectivity index (χ2v) is 4.57. The number of nitrogens with two attached hydrogens (primary N) is 1. The number of hydrogen-bond donors (Lipinski definition) is 1. The third-order valence-electron chi connectivity index (χ3n) is 2.52. The van der Waals surface area contributed by atoms with E-state index in [0.717, 1.165) is 4.88 Å². The maximum absolute atomic E-state index is 13.9. The summed E-state index contributed by atoms with van der Waals surface area (Å²) in [6.45, 7) is 0. The van der Waals surface area contributed by atoms with Gasteiger partial charge in [-0.25, -0.2) is 4.39 Å². The number of hydrogen-bond acceptors (Lipinski definition) is 4. The van der Waals surface area contributed by atoms with Crippen molar-refractivity contribution in [2.45, 2.75) is 12.5 Å². The Labute approximate surface area is 103 Å². The third kappa shape index (κ3) is 2.62. The Morgan fingerprint density at radius 3 is 3.00 bits per heavy atom. The van der Waals surface area contributed by atoms with Crippen LogP contribution in [0.25, 0.3) is 0 Å². The molecule has 90 valence electrons. The molecule has 2 rings (SSSR count). The molecule has 1 heterocycles. The number of halogens is 1. The van der Waals surface area contributed by atoms with E-state index < -0.39 is 0 Å². The standard InChI is InChI=1S/C12H13FN2OS/c1-16-10-4-2-3-8(12(10)13)5-9(14)11-6-15-7-17-11/h2-4,6-7,9H,5,14H2,1H3. The van der Waals surface area contributed by atoms with Gasteiger partial charge in [0, 0.05) is 17.1 Å². The normalized spacial score (nSPS) is 12.4. The molecule has 1 unspecified atom stereocenters. The van der Waals surface area contributed by atoms with Gasteiger partial charge in [0.1, 0.15) is 0 Å². The van der Waals surface area contributed by atoms with Crippen LogP contribution < -0.4 is 10.5 Å². The van der Waals surface area contributed by atoms with E-state index >= 15 is 0 Å². The topological polar surface area (TPSA) is 48.1 Å². The summed E-state index contributed by atoms with van der Waals surface area (Å²) in [5.74, 6) is -0.0889. The van der Waals surface area contributed by atoms with Crippen LogP contribution in [0.1, 0.15) is 16.5 Å². The Bertz CT molecular complexity index is 487. The summed E-state index contributed by atoms with van der Waals surface area (Å²) in [6, 6.07) is 4.84. The number of methoxy groups -OCH3 is 1. The first-order chi connectivity index (χ1) is 8.22. The molecule has 0 aliphatic rings. The number of aromatic nitrogens is 1. The van der Waals surface area contributed by atoms with Crippen LogP contribution in [0.5, 0.6) is 5.75 Å². The zero-order valence-electron chi connectivity index (χ0n) is 9.39. The quantitative estimate of drug-likeness (QED) is 0.909. The van der Waals surface area contributed by atoms with Crippen LogP contribution in [0.4, 0.5) is 4.39 Å². The maximum Gasteiger partial charge on any atom is 0.168 e. The fourth-order valence-electron chi connectivity index (χ4n) is 1.62. The summed E-state index contributed by atoms with van der Waals surface area (Å²) in [4.78, 5) is 4.91. The predicted octanol–water partition coefficient (Wildman–Crippen LogP) is 2.53. The number of benzene rings is 1. The van der Waals surface area contributed by atoms with Gasteiger partial charge in [0.2, 0.25) is 0 Å². The number of ether oxygens (including phenoxy) is 1. The van der Waals surface area contributed by atoms with E-state index in [4.69, 9.17) is 10.5 Å². The Kier molecular flexibility index (Phi) is 3.71.